The van der Waals surface area contributed by atoms with Gasteiger partial charge in [0.1, 0.15) is 11.3 Å². The number of hydrogen-bond acceptors (Lipinski definition) is 3. The number of benzene rings is 5. The van der Waals surface area contributed by atoms with Gasteiger partial charge in [-0.25, -0.2) is 4.98 Å². The van der Waals surface area contributed by atoms with E-state index in [1.807, 2.05) is 53.1 Å². The molecule has 0 unspecified atom stereocenters. The van der Waals surface area contributed by atoms with Gasteiger partial charge in [0, 0.05) is 38.5 Å². The fraction of sp³-hybridized carbons (Fsp3) is 0.150. The van der Waals surface area contributed by atoms with E-state index in [9.17, 15) is 5.11 Å². The van der Waals surface area contributed by atoms with Crippen LogP contribution in [-0.4, -0.2) is 28.6 Å². The first-order valence-corrected chi connectivity index (χ1v) is 15.8. The Labute approximate surface area is 288 Å². The average molecular weight is 796 g/mol. The Kier molecular flexibility index (Phi) is 7.85. The molecule has 3 heterocycles. The van der Waals surface area contributed by atoms with Crippen LogP contribution in [0.25, 0.3) is 61.9 Å². The number of phenols is 1. The zero-order chi connectivity index (χ0) is 31.5. The maximum absolute atomic E-state index is 10.9. The molecule has 0 aliphatic heterocycles. The van der Waals surface area contributed by atoms with Crippen LogP contribution in [0.15, 0.2) is 115 Å². The van der Waals surface area contributed by atoms with Crippen LogP contribution in [0.4, 0.5) is 0 Å². The molecule has 0 aliphatic rings. The van der Waals surface area contributed by atoms with Crippen molar-refractivity contribution in [3.05, 3.63) is 133 Å². The molecule has 236 valence electrons. The van der Waals surface area contributed by atoms with Crippen molar-refractivity contribution >= 4 is 27.8 Å². The van der Waals surface area contributed by atoms with Crippen LogP contribution in [0.2, 0.25) is 0 Å². The third-order valence-electron chi connectivity index (χ3n) is 8.87. The van der Waals surface area contributed by atoms with Gasteiger partial charge in [0.05, 0.1) is 33.8 Å². The Morgan fingerprint density at radius 1 is 0.681 bits per heavy atom. The van der Waals surface area contributed by atoms with E-state index in [2.05, 4.69) is 104 Å². The number of fused-ring (bicyclic) bond motifs is 5. The smallest absolute Gasteiger partial charge is 0.220 e. The molecule has 8 aromatic rings. The van der Waals surface area contributed by atoms with Crippen molar-refractivity contribution in [1.82, 2.24) is 23.5 Å². The van der Waals surface area contributed by atoms with Crippen LogP contribution in [0.5, 0.6) is 5.75 Å². The first kappa shape index (κ1) is 30.7. The van der Waals surface area contributed by atoms with Gasteiger partial charge in [0.25, 0.3) is 0 Å². The largest absolute Gasteiger partial charge is 0.506 e. The molecule has 0 radical (unpaired) electrons. The molecule has 0 aliphatic carbocycles. The summed E-state index contributed by atoms with van der Waals surface area (Å²) in [6.07, 6.45) is 2.16. The quantitative estimate of drug-likeness (QED) is 0.171. The van der Waals surface area contributed by atoms with Gasteiger partial charge in [-0.3, -0.25) is 14.0 Å². The van der Waals surface area contributed by atoms with Crippen LogP contribution in [0, 0.1) is 6.07 Å². The van der Waals surface area contributed by atoms with E-state index >= 15 is 0 Å². The van der Waals surface area contributed by atoms with E-state index in [1.165, 1.54) is 16.8 Å². The van der Waals surface area contributed by atoms with Crippen molar-refractivity contribution in [1.29, 1.82) is 0 Å². The van der Waals surface area contributed by atoms with Gasteiger partial charge in [0.2, 0.25) is 5.78 Å². The van der Waals surface area contributed by atoms with Gasteiger partial charge in [-0.1, -0.05) is 82.3 Å². The summed E-state index contributed by atoms with van der Waals surface area (Å²) in [5, 5.41) is 10.9. The second-order valence-electron chi connectivity index (χ2n) is 12.4. The Bertz CT molecular complexity index is 2370. The molecule has 0 saturated carbocycles. The Morgan fingerprint density at radius 2 is 1.34 bits per heavy atom. The molecule has 3 aromatic heterocycles. The van der Waals surface area contributed by atoms with Gasteiger partial charge >= 0.3 is 0 Å². The molecule has 1 N–H and O–H groups in total. The summed E-state index contributed by atoms with van der Waals surface area (Å²) in [6.45, 7) is 8.99. The van der Waals surface area contributed by atoms with Crippen molar-refractivity contribution in [2.45, 2.75) is 39.5 Å². The molecule has 0 spiro atoms. The van der Waals surface area contributed by atoms with Crippen molar-refractivity contribution in [3.8, 4) is 39.8 Å². The predicted octanol–water partition coefficient (Wildman–Crippen LogP) is 9.70. The van der Waals surface area contributed by atoms with E-state index in [4.69, 9.17) is 9.97 Å². The van der Waals surface area contributed by atoms with Crippen molar-refractivity contribution in [2.75, 3.05) is 0 Å². The van der Waals surface area contributed by atoms with Gasteiger partial charge < -0.3 is 9.67 Å². The summed E-state index contributed by atoms with van der Waals surface area (Å²) in [6, 6.07) is 40.0. The summed E-state index contributed by atoms with van der Waals surface area (Å²) < 4.78 is 6.47. The van der Waals surface area contributed by atoms with E-state index < -0.39 is 0 Å². The van der Waals surface area contributed by atoms with E-state index in [-0.39, 0.29) is 26.8 Å². The Morgan fingerprint density at radius 3 is 2.04 bits per heavy atom. The van der Waals surface area contributed by atoms with Gasteiger partial charge in [-0.05, 0) is 53.3 Å². The molecule has 5 aromatic carbocycles. The van der Waals surface area contributed by atoms with Crippen LogP contribution < -0.4 is 0 Å². The monoisotopic (exact) mass is 795 g/mol. The summed E-state index contributed by atoms with van der Waals surface area (Å²) >= 11 is 0. The third kappa shape index (κ3) is 4.90. The van der Waals surface area contributed by atoms with Gasteiger partial charge in [-0.15, -0.1) is 35.9 Å². The molecule has 0 saturated heterocycles. The van der Waals surface area contributed by atoms with Crippen molar-refractivity contribution < 1.29 is 26.2 Å². The standard InChI is InChI=1S/C40H34N5O.Pt/c1-25(2)28-16-12-17-29(26(3)4)38(28)43-24-31(41-39(43)27-14-6-5-7-15-27)30-18-13-22-35-37(30)42-40-44(34-21-10-11-23-36(34)46)32-19-8-9-20-33(32)45(35)40;/h5-14,16-26,46H,1-4H3;/q-1;. The zero-order valence-corrected chi connectivity index (χ0v) is 28.9. The molecule has 0 amide bonds. The van der Waals surface area contributed by atoms with Crippen LogP contribution in [0.3, 0.4) is 0 Å². The molecular formula is C40H34N5OPt-. The van der Waals surface area contributed by atoms with Crippen LogP contribution in [-0.2, 0) is 21.1 Å². The first-order valence-electron chi connectivity index (χ1n) is 15.8. The molecular weight excluding hydrogens is 762 g/mol. The second kappa shape index (κ2) is 12.0. The third-order valence-corrected chi connectivity index (χ3v) is 8.87. The summed E-state index contributed by atoms with van der Waals surface area (Å²) in [5.41, 5.74) is 10.9. The number of aromatic hydroxyl groups is 1. The predicted molar refractivity (Wildman–Crippen MR) is 186 cm³/mol. The molecule has 7 heteroatoms. The number of nitrogens with zero attached hydrogens (tertiary/aromatic N) is 5. The number of hydrogen-bond donors (Lipinski definition) is 1. The second-order valence-corrected chi connectivity index (χ2v) is 12.4. The SMILES string of the molecule is CC(C)c1cccc(C(C)C)c1-n1cc(-c2cccc3c2nc2n(-c4ccccc4O)c4ccccc4n32)nc1-c1[c-]cccc1.[Pt]. The molecule has 0 bridgehead atoms. The zero-order valence-electron chi connectivity index (χ0n) is 26.6. The minimum absolute atomic E-state index is 0. The molecule has 6 nitrogen and oxygen atoms in total. The van der Waals surface area contributed by atoms with E-state index in [0.29, 0.717) is 17.5 Å². The van der Waals surface area contributed by atoms with Crippen LogP contribution in [0.1, 0.15) is 50.7 Å². The molecule has 8 rings (SSSR count). The van der Waals surface area contributed by atoms with Crippen molar-refractivity contribution in [2.24, 2.45) is 0 Å². The number of rotatable bonds is 6. The number of imidazole rings is 3. The minimum Gasteiger partial charge on any atom is -0.506 e. The first-order chi connectivity index (χ1) is 22.4. The van der Waals surface area contributed by atoms with Crippen molar-refractivity contribution in [3.63, 3.8) is 0 Å². The number of phenolic OH excluding ortho intramolecular Hbond substituents is 1. The van der Waals surface area contributed by atoms with Crippen LogP contribution >= 0.6 is 0 Å². The minimum atomic E-state index is 0. The Hall–Kier alpha value is -4.93. The fourth-order valence-corrected chi connectivity index (χ4v) is 6.71. The average Bonchev–Trinajstić information content (AvgIpc) is 3.76. The maximum atomic E-state index is 10.9. The van der Waals surface area contributed by atoms with Gasteiger partial charge in [-0.2, -0.15) is 0 Å². The normalized spacial score (nSPS) is 11.7. The Balaban J connectivity index is 0.00000351. The maximum Gasteiger partial charge on any atom is 0.220 e. The molecule has 0 fully saturated rings. The van der Waals surface area contributed by atoms with Gasteiger partial charge in [0.15, 0.2) is 0 Å². The summed E-state index contributed by atoms with van der Waals surface area (Å²) in [5.74, 6) is 2.42. The number of aromatic nitrogens is 5. The van der Waals surface area contributed by atoms with E-state index in [1.54, 1.807) is 6.07 Å². The number of para-hydroxylation sites is 6. The molecule has 0 atom stereocenters. The summed E-state index contributed by atoms with van der Waals surface area (Å²) in [7, 11) is 0. The van der Waals surface area contributed by atoms with E-state index in [0.717, 1.165) is 50.5 Å². The topological polar surface area (TPSA) is 60.3 Å². The molecule has 47 heavy (non-hydrogen) atoms. The fourth-order valence-electron chi connectivity index (χ4n) is 6.71. The summed E-state index contributed by atoms with van der Waals surface area (Å²) in [4.78, 5) is 10.6.